The third-order valence-electron chi connectivity index (χ3n) is 3.41. The lowest BCUT2D eigenvalue weighted by atomic mass is 10.2. The third kappa shape index (κ3) is 6.43. The molecular weight excluding hydrogens is 288 g/mol. The monoisotopic (exact) mass is 312 g/mol. The van der Waals surface area contributed by atoms with E-state index in [0.717, 1.165) is 30.0 Å². The van der Waals surface area contributed by atoms with Crippen molar-refractivity contribution in [3.8, 4) is 11.5 Å². The Kier molecular flexibility index (Phi) is 6.98. The van der Waals surface area contributed by atoms with Crippen LogP contribution in [-0.4, -0.2) is 12.6 Å². The largest absolute Gasteiger partial charge is 0.457 e. The van der Waals surface area contributed by atoms with Gasteiger partial charge in [-0.25, -0.2) is 4.79 Å². The van der Waals surface area contributed by atoms with Crippen molar-refractivity contribution in [3.63, 3.8) is 0 Å². The molecule has 0 radical (unpaired) electrons. The maximum atomic E-state index is 11.8. The molecule has 0 unspecified atom stereocenters. The quantitative estimate of drug-likeness (QED) is 0.660. The zero-order chi connectivity index (χ0) is 16.3. The summed E-state index contributed by atoms with van der Waals surface area (Å²) in [6, 6.07) is 16.8. The number of urea groups is 1. The number of rotatable bonds is 8. The summed E-state index contributed by atoms with van der Waals surface area (Å²) in [4.78, 5) is 11.8. The Bertz CT molecular complexity index is 582. The molecule has 0 aliphatic heterocycles. The molecule has 122 valence electrons. The van der Waals surface area contributed by atoms with Crippen molar-refractivity contribution in [3.05, 3.63) is 54.6 Å². The maximum absolute atomic E-state index is 11.8. The fraction of sp³-hybridized carbons (Fsp3) is 0.316. The molecule has 2 amide bonds. The van der Waals surface area contributed by atoms with Gasteiger partial charge in [0.15, 0.2) is 0 Å². The van der Waals surface area contributed by atoms with Gasteiger partial charge in [0, 0.05) is 12.2 Å². The summed E-state index contributed by atoms with van der Waals surface area (Å²) in [6.07, 6.45) is 4.59. The molecule has 0 aliphatic rings. The van der Waals surface area contributed by atoms with Crippen LogP contribution in [0.1, 0.15) is 32.6 Å². The lowest BCUT2D eigenvalue weighted by Crippen LogP contribution is -2.29. The highest BCUT2D eigenvalue weighted by Gasteiger charge is 2.02. The van der Waals surface area contributed by atoms with Crippen LogP contribution >= 0.6 is 0 Å². The molecule has 0 bridgehead atoms. The minimum absolute atomic E-state index is 0.168. The van der Waals surface area contributed by atoms with Gasteiger partial charge in [-0.05, 0) is 42.8 Å². The second-order valence-electron chi connectivity index (χ2n) is 5.38. The molecule has 2 N–H and O–H groups in total. The summed E-state index contributed by atoms with van der Waals surface area (Å²) in [6.45, 7) is 2.88. The molecule has 2 aromatic rings. The van der Waals surface area contributed by atoms with Crippen LogP contribution in [0, 0.1) is 0 Å². The normalized spacial score (nSPS) is 10.1. The van der Waals surface area contributed by atoms with Crippen LogP contribution in [0.3, 0.4) is 0 Å². The number of anilines is 1. The van der Waals surface area contributed by atoms with E-state index in [0.29, 0.717) is 6.54 Å². The Labute approximate surface area is 137 Å². The van der Waals surface area contributed by atoms with E-state index in [-0.39, 0.29) is 6.03 Å². The van der Waals surface area contributed by atoms with Crippen LogP contribution in [-0.2, 0) is 0 Å². The van der Waals surface area contributed by atoms with E-state index in [1.165, 1.54) is 12.8 Å². The van der Waals surface area contributed by atoms with E-state index in [1.807, 2.05) is 54.6 Å². The molecule has 2 aromatic carbocycles. The number of hydrogen-bond donors (Lipinski definition) is 2. The first-order chi connectivity index (χ1) is 11.3. The van der Waals surface area contributed by atoms with Gasteiger partial charge in [-0.2, -0.15) is 0 Å². The fourth-order valence-corrected chi connectivity index (χ4v) is 2.16. The first-order valence-corrected chi connectivity index (χ1v) is 8.16. The zero-order valence-electron chi connectivity index (χ0n) is 13.5. The molecule has 2 rings (SSSR count). The topological polar surface area (TPSA) is 50.4 Å². The summed E-state index contributed by atoms with van der Waals surface area (Å²) >= 11 is 0. The van der Waals surface area contributed by atoms with E-state index in [4.69, 9.17) is 4.74 Å². The van der Waals surface area contributed by atoms with E-state index in [9.17, 15) is 4.79 Å². The van der Waals surface area contributed by atoms with Crippen LogP contribution in [0.2, 0.25) is 0 Å². The van der Waals surface area contributed by atoms with Crippen molar-refractivity contribution < 1.29 is 9.53 Å². The van der Waals surface area contributed by atoms with Gasteiger partial charge in [-0.3, -0.25) is 0 Å². The molecule has 0 saturated heterocycles. The smallest absolute Gasteiger partial charge is 0.319 e. The van der Waals surface area contributed by atoms with Crippen molar-refractivity contribution in [2.24, 2.45) is 0 Å². The molecule has 0 atom stereocenters. The van der Waals surface area contributed by atoms with Gasteiger partial charge in [0.25, 0.3) is 0 Å². The summed E-state index contributed by atoms with van der Waals surface area (Å²) in [5, 5.41) is 5.68. The van der Waals surface area contributed by atoms with Gasteiger partial charge in [0.05, 0.1) is 0 Å². The minimum Gasteiger partial charge on any atom is -0.457 e. The summed E-state index contributed by atoms with van der Waals surface area (Å²) in [7, 11) is 0. The lowest BCUT2D eigenvalue weighted by molar-refractivity contribution is 0.252. The van der Waals surface area contributed by atoms with Crippen LogP contribution in [0.5, 0.6) is 11.5 Å². The standard InChI is InChI=1S/C19H24N2O2/c1-2-3-4-8-15-20-19(22)21-16-11-13-18(14-12-16)23-17-9-6-5-7-10-17/h5-7,9-14H,2-4,8,15H2,1H3,(H2,20,21,22). The Morgan fingerprint density at radius 3 is 2.30 bits per heavy atom. The molecule has 0 aliphatic carbocycles. The van der Waals surface area contributed by atoms with Gasteiger partial charge >= 0.3 is 6.03 Å². The van der Waals surface area contributed by atoms with Gasteiger partial charge in [-0.1, -0.05) is 44.4 Å². The number of hydrogen-bond acceptors (Lipinski definition) is 2. The van der Waals surface area contributed by atoms with Crippen molar-refractivity contribution in [2.75, 3.05) is 11.9 Å². The van der Waals surface area contributed by atoms with Crippen LogP contribution < -0.4 is 15.4 Å². The number of para-hydroxylation sites is 1. The van der Waals surface area contributed by atoms with E-state index in [2.05, 4.69) is 17.6 Å². The summed E-state index contributed by atoms with van der Waals surface area (Å²) in [5.41, 5.74) is 0.747. The van der Waals surface area contributed by atoms with Crippen LogP contribution in [0.15, 0.2) is 54.6 Å². The second kappa shape index (κ2) is 9.51. The molecule has 0 saturated carbocycles. The first kappa shape index (κ1) is 16.9. The number of benzene rings is 2. The lowest BCUT2D eigenvalue weighted by Gasteiger charge is -2.09. The van der Waals surface area contributed by atoms with E-state index in [1.54, 1.807) is 0 Å². The zero-order valence-corrected chi connectivity index (χ0v) is 13.5. The number of carbonyl (C=O) groups excluding carboxylic acids is 1. The highest BCUT2D eigenvalue weighted by Crippen LogP contribution is 2.22. The third-order valence-corrected chi connectivity index (χ3v) is 3.41. The Morgan fingerprint density at radius 1 is 0.913 bits per heavy atom. The predicted octanol–water partition coefficient (Wildman–Crippen LogP) is 5.18. The molecule has 4 nitrogen and oxygen atoms in total. The van der Waals surface area contributed by atoms with E-state index < -0.39 is 0 Å². The minimum atomic E-state index is -0.168. The van der Waals surface area contributed by atoms with Crippen molar-refractivity contribution in [1.82, 2.24) is 5.32 Å². The Balaban J connectivity index is 1.75. The summed E-state index contributed by atoms with van der Waals surface area (Å²) in [5.74, 6) is 1.53. The Hall–Kier alpha value is -2.49. The number of unbranched alkanes of at least 4 members (excludes halogenated alkanes) is 3. The molecule has 0 heterocycles. The molecule has 4 heteroatoms. The summed E-state index contributed by atoms with van der Waals surface area (Å²) < 4.78 is 5.71. The van der Waals surface area contributed by atoms with Gasteiger partial charge in [0.2, 0.25) is 0 Å². The number of carbonyl (C=O) groups is 1. The number of nitrogens with one attached hydrogen (secondary N) is 2. The van der Waals surface area contributed by atoms with Crippen molar-refractivity contribution >= 4 is 11.7 Å². The van der Waals surface area contributed by atoms with Crippen molar-refractivity contribution in [2.45, 2.75) is 32.6 Å². The van der Waals surface area contributed by atoms with Gasteiger partial charge in [-0.15, -0.1) is 0 Å². The second-order valence-corrected chi connectivity index (χ2v) is 5.38. The molecular formula is C19H24N2O2. The molecule has 0 spiro atoms. The average Bonchev–Trinajstić information content (AvgIpc) is 2.57. The molecule has 0 aromatic heterocycles. The predicted molar refractivity (Wildman–Crippen MR) is 94.1 cm³/mol. The van der Waals surface area contributed by atoms with Crippen molar-refractivity contribution in [1.29, 1.82) is 0 Å². The molecule has 23 heavy (non-hydrogen) atoms. The first-order valence-electron chi connectivity index (χ1n) is 8.16. The van der Waals surface area contributed by atoms with Crippen LogP contribution in [0.25, 0.3) is 0 Å². The van der Waals surface area contributed by atoms with Crippen LogP contribution in [0.4, 0.5) is 10.5 Å². The Morgan fingerprint density at radius 2 is 1.61 bits per heavy atom. The maximum Gasteiger partial charge on any atom is 0.319 e. The number of amides is 2. The fourth-order valence-electron chi connectivity index (χ4n) is 2.16. The highest BCUT2D eigenvalue weighted by atomic mass is 16.5. The highest BCUT2D eigenvalue weighted by molar-refractivity contribution is 5.89. The number of ether oxygens (including phenoxy) is 1. The molecule has 0 fully saturated rings. The van der Waals surface area contributed by atoms with Gasteiger partial charge in [0.1, 0.15) is 11.5 Å². The van der Waals surface area contributed by atoms with Gasteiger partial charge < -0.3 is 15.4 Å². The van der Waals surface area contributed by atoms with E-state index >= 15 is 0 Å². The average molecular weight is 312 g/mol. The SMILES string of the molecule is CCCCCCNC(=O)Nc1ccc(Oc2ccccc2)cc1.